The number of hydrogen-bond acceptors (Lipinski definition) is 7. The van der Waals surface area contributed by atoms with Crippen LogP contribution in [0, 0.1) is 24.9 Å². The number of aryl methyl sites for hydroxylation is 2. The highest BCUT2D eigenvalue weighted by Crippen LogP contribution is 2.37. The Morgan fingerprint density at radius 2 is 1.80 bits per heavy atom. The van der Waals surface area contributed by atoms with Crippen molar-refractivity contribution in [1.82, 2.24) is 19.9 Å². The molecule has 3 aromatic rings. The van der Waals surface area contributed by atoms with E-state index in [0.717, 1.165) is 27.4 Å². The van der Waals surface area contributed by atoms with Gasteiger partial charge in [0.05, 0.1) is 17.6 Å². The van der Waals surface area contributed by atoms with Crippen molar-refractivity contribution in [1.29, 1.82) is 0 Å². The molecule has 35 heavy (non-hydrogen) atoms. The van der Waals surface area contributed by atoms with Gasteiger partial charge < -0.3 is 10.9 Å². The minimum Gasteiger partial charge on any atom is -0.692 e. The van der Waals surface area contributed by atoms with Crippen molar-refractivity contribution in [2.24, 2.45) is 10.7 Å². The predicted molar refractivity (Wildman–Crippen MR) is 133 cm³/mol. The second-order valence-corrected chi connectivity index (χ2v) is 8.63. The summed E-state index contributed by atoms with van der Waals surface area (Å²) < 4.78 is 13.5. The maximum absolute atomic E-state index is 14.0. The summed E-state index contributed by atoms with van der Waals surface area (Å²) in [5.74, 6) is 0.200. The Morgan fingerprint density at radius 1 is 1.09 bits per heavy atom. The molecule has 2 aliphatic heterocycles. The number of amidine groups is 1. The normalized spacial score (nSPS) is 16.5. The smallest absolute Gasteiger partial charge is 0.318 e. The number of hydrogen-bond donors (Lipinski definition) is 1. The van der Waals surface area contributed by atoms with Crippen molar-refractivity contribution in [3.63, 3.8) is 0 Å². The molecule has 2 aliphatic rings. The molecule has 0 radical (unpaired) electrons. The summed E-state index contributed by atoms with van der Waals surface area (Å²) in [7, 11) is 0. The van der Waals surface area contributed by atoms with E-state index < -0.39 is 5.82 Å². The van der Waals surface area contributed by atoms with Gasteiger partial charge in [0.15, 0.2) is 6.67 Å². The fourth-order valence-electron chi connectivity index (χ4n) is 4.67. The minimum absolute atomic E-state index is 0.195. The number of hydrazine groups is 1. The van der Waals surface area contributed by atoms with Gasteiger partial charge in [-0.25, -0.2) is 4.39 Å². The number of pyridine rings is 2. The standard InChI is InChI=1S/C26H26FN7O/c1-4-22(21-11-10-20(27)14-29-21)33-15-32-25(34(33)35)23(19-12-16(2)30-17(3)13-19)24(31-26(32)28)18-8-6-5-7-9-18/h5-14,22H,4,15H2,1-3H3,(H2,28,31). The molecule has 2 N–H and O–H groups in total. The number of guanidine groups is 1. The van der Waals surface area contributed by atoms with Crippen LogP contribution in [0.25, 0.3) is 11.3 Å². The summed E-state index contributed by atoms with van der Waals surface area (Å²) in [6, 6.07) is 16.2. The summed E-state index contributed by atoms with van der Waals surface area (Å²) in [4.78, 5) is 16.1. The molecule has 5 rings (SSSR count). The quantitative estimate of drug-likeness (QED) is 0.447. The summed E-state index contributed by atoms with van der Waals surface area (Å²) in [5.41, 5.74) is 11.7. The monoisotopic (exact) mass is 471 g/mol. The van der Waals surface area contributed by atoms with Gasteiger partial charge in [-0.3, -0.25) is 9.97 Å². The summed E-state index contributed by atoms with van der Waals surface area (Å²) in [6.45, 7) is 6.00. The number of fused-ring (bicyclic) bond motifs is 1. The third-order valence-electron chi connectivity index (χ3n) is 6.18. The molecule has 0 saturated carbocycles. The number of benzene rings is 1. The first-order valence-electron chi connectivity index (χ1n) is 11.5. The highest BCUT2D eigenvalue weighted by molar-refractivity contribution is 6.33. The molecule has 1 atom stereocenters. The number of nitrogens with zero attached hydrogens (tertiary/aromatic N) is 6. The molecule has 8 nitrogen and oxygen atoms in total. The third kappa shape index (κ3) is 3.99. The van der Waals surface area contributed by atoms with Gasteiger partial charge in [-0.15, -0.1) is 0 Å². The van der Waals surface area contributed by atoms with E-state index in [1.165, 1.54) is 12.3 Å². The van der Waals surface area contributed by atoms with Gasteiger partial charge >= 0.3 is 5.84 Å². The first-order chi connectivity index (χ1) is 16.9. The van der Waals surface area contributed by atoms with Crippen molar-refractivity contribution in [3.8, 4) is 0 Å². The molecule has 1 aromatic carbocycles. The van der Waals surface area contributed by atoms with E-state index in [4.69, 9.17) is 10.7 Å². The van der Waals surface area contributed by atoms with E-state index >= 15 is 0 Å². The molecule has 0 bridgehead atoms. The van der Waals surface area contributed by atoms with Crippen LogP contribution >= 0.6 is 0 Å². The van der Waals surface area contributed by atoms with E-state index in [1.807, 2.05) is 63.2 Å². The lowest BCUT2D eigenvalue weighted by Crippen LogP contribution is -2.44. The van der Waals surface area contributed by atoms with Crippen molar-refractivity contribution in [2.75, 3.05) is 6.67 Å². The zero-order valence-electron chi connectivity index (χ0n) is 19.8. The Hall–Kier alpha value is -4.27. The van der Waals surface area contributed by atoms with Crippen molar-refractivity contribution in [3.05, 3.63) is 100 Å². The van der Waals surface area contributed by atoms with Crippen molar-refractivity contribution < 1.29 is 9.24 Å². The largest absolute Gasteiger partial charge is 0.692 e. The Balaban J connectivity index is 1.73. The van der Waals surface area contributed by atoms with Crippen LogP contribution in [0.4, 0.5) is 4.39 Å². The lowest BCUT2D eigenvalue weighted by Gasteiger charge is -2.27. The number of rotatable bonds is 5. The molecule has 0 spiro atoms. The fraction of sp³-hybridized carbons (Fsp3) is 0.231. The Morgan fingerprint density at radius 3 is 2.43 bits per heavy atom. The average Bonchev–Trinajstić information content (AvgIpc) is 3.18. The van der Waals surface area contributed by atoms with Gasteiger partial charge in [0.1, 0.15) is 17.4 Å². The van der Waals surface area contributed by atoms with E-state index in [-0.39, 0.29) is 18.7 Å². The zero-order valence-corrected chi connectivity index (χ0v) is 19.8. The molecule has 178 valence electrons. The Kier molecular flexibility index (Phi) is 5.68. The SMILES string of the molecule is CCC(c1ccc(F)cn1)N1CN2C(N)=NC(c3ccccc3)=C(c3cc(C)nc(C)c3)C2=[N+]1[O-]. The second kappa shape index (κ2) is 8.83. The summed E-state index contributed by atoms with van der Waals surface area (Å²) >= 11 is 0. The highest BCUT2D eigenvalue weighted by atomic mass is 19.1. The van der Waals surface area contributed by atoms with Crippen LogP contribution in [0.3, 0.4) is 0 Å². The highest BCUT2D eigenvalue weighted by Gasteiger charge is 2.46. The third-order valence-corrected chi connectivity index (χ3v) is 6.18. The van der Waals surface area contributed by atoms with Crippen molar-refractivity contribution >= 4 is 23.1 Å². The Labute approximate surface area is 203 Å². The molecule has 0 aliphatic carbocycles. The van der Waals surface area contributed by atoms with Gasteiger partial charge in [-0.1, -0.05) is 37.3 Å². The van der Waals surface area contributed by atoms with Crippen LogP contribution in [0.2, 0.25) is 0 Å². The second-order valence-electron chi connectivity index (χ2n) is 8.63. The molecule has 9 heteroatoms. The zero-order chi connectivity index (χ0) is 24.7. The minimum atomic E-state index is -0.423. The first kappa shape index (κ1) is 22.5. The molecular weight excluding hydrogens is 445 g/mol. The number of nitrogens with two attached hydrogens (primary N) is 1. The van der Waals surface area contributed by atoms with Crippen LogP contribution in [-0.2, 0) is 0 Å². The summed E-state index contributed by atoms with van der Waals surface area (Å²) in [6.07, 6.45) is 1.76. The maximum atomic E-state index is 14.0. The van der Waals surface area contributed by atoms with Crippen LogP contribution in [0.1, 0.15) is 47.6 Å². The van der Waals surface area contributed by atoms with Gasteiger partial charge in [0.2, 0.25) is 0 Å². The number of hydrazone groups is 1. The number of aromatic nitrogens is 2. The van der Waals surface area contributed by atoms with Gasteiger partial charge in [-0.05, 0) is 50.1 Å². The van der Waals surface area contributed by atoms with Gasteiger partial charge in [-0.2, -0.15) is 19.7 Å². The van der Waals surface area contributed by atoms with Gasteiger partial charge in [0.25, 0.3) is 5.96 Å². The number of aliphatic imine (C=N–C) groups is 1. The summed E-state index contributed by atoms with van der Waals surface area (Å²) in [5, 5.41) is 15.6. The average molecular weight is 472 g/mol. The van der Waals surface area contributed by atoms with E-state index in [9.17, 15) is 9.60 Å². The van der Waals surface area contributed by atoms with E-state index in [0.29, 0.717) is 29.2 Å². The predicted octanol–water partition coefficient (Wildman–Crippen LogP) is 3.98. The lowest BCUT2D eigenvalue weighted by molar-refractivity contribution is -0.638. The molecule has 2 aromatic heterocycles. The fourth-order valence-corrected chi connectivity index (χ4v) is 4.67. The molecule has 0 saturated heterocycles. The molecule has 4 heterocycles. The molecule has 0 amide bonds. The lowest BCUT2D eigenvalue weighted by atomic mass is 9.96. The van der Waals surface area contributed by atoms with Crippen LogP contribution in [-0.4, -0.2) is 43.2 Å². The van der Waals surface area contributed by atoms with Crippen LogP contribution in [0.5, 0.6) is 0 Å². The topological polar surface area (TPSA) is 96.7 Å². The Bertz CT molecular complexity index is 1350. The number of halogens is 1. The maximum Gasteiger partial charge on any atom is 0.318 e. The van der Waals surface area contributed by atoms with Crippen molar-refractivity contribution in [2.45, 2.75) is 33.2 Å². The molecular formula is C26H26FN7O. The molecule has 1 unspecified atom stereocenters. The van der Waals surface area contributed by atoms with E-state index in [1.54, 1.807) is 16.0 Å². The van der Waals surface area contributed by atoms with Crippen LogP contribution < -0.4 is 5.73 Å². The van der Waals surface area contributed by atoms with Gasteiger partial charge in [0, 0.05) is 17.0 Å². The van der Waals surface area contributed by atoms with Crippen LogP contribution in [0.15, 0.2) is 65.8 Å². The van der Waals surface area contributed by atoms with E-state index in [2.05, 4.69) is 9.97 Å². The molecule has 0 fully saturated rings. The first-order valence-corrected chi connectivity index (χ1v) is 11.5.